The Hall–Kier alpha value is -0.610. The van der Waals surface area contributed by atoms with E-state index in [4.69, 9.17) is 4.74 Å². The van der Waals surface area contributed by atoms with Gasteiger partial charge >= 0.3 is 0 Å². The molecule has 1 aromatic carbocycles. The van der Waals surface area contributed by atoms with Crippen molar-refractivity contribution in [3.05, 3.63) is 28.5 Å². The van der Waals surface area contributed by atoms with E-state index in [2.05, 4.69) is 15.9 Å². The lowest BCUT2D eigenvalue weighted by Crippen LogP contribution is -2.16. The van der Waals surface area contributed by atoms with Crippen LogP contribution >= 0.6 is 15.9 Å². The number of benzene rings is 1. The van der Waals surface area contributed by atoms with E-state index >= 15 is 0 Å². The molecule has 1 atom stereocenters. The van der Waals surface area contributed by atoms with Gasteiger partial charge in [-0.1, -0.05) is 22.9 Å². The third-order valence-corrected chi connectivity index (χ3v) is 2.21. The summed E-state index contributed by atoms with van der Waals surface area (Å²) < 4.78 is 18.7. The SMILES string of the molecule is CCC(O)COc1cc(F)cc(Br)c1. The summed E-state index contributed by atoms with van der Waals surface area (Å²) in [6, 6.07) is 4.29. The van der Waals surface area contributed by atoms with E-state index in [1.807, 2.05) is 6.92 Å². The van der Waals surface area contributed by atoms with Crippen LogP contribution in [-0.2, 0) is 0 Å². The van der Waals surface area contributed by atoms with Gasteiger partial charge in [-0.15, -0.1) is 0 Å². The minimum Gasteiger partial charge on any atom is -0.491 e. The van der Waals surface area contributed by atoms with Crippen molar-refractivity contribution < 1.29 is 14.2 Å². The van der Waals surface area contributed by atoms with Gasteiger partial charge in [0.05, 0.1) is 6.10 Å². The van der Waals surface area contributed by atoms with Crippen LogP contribution in [0.25, 0.3) is 0 Å². The molecule has 0 aliphatic heterocycles. The van der Waals surface area contributed by atoms with E-state index in [1.165, 1.54) is 12.1 Å². The average molecular weight is 263 g/mol. The van der Waals surface area contributed by atoms with E-state index in [-0.39, 0.29) is 12.4 Å². The lowest BCUT2D eigenvalue weighted by Gasteiger charge is -2.10. The van der Waals surface area contributed by atoms with Crippen LogP contribution in [0.2, 0.25) is 0 Å². The maximum atomic E-state index is 12.9. The molecule has 78 valence electrons. The van der Waals surface area contributed by atoms with E-state index in [0.717, 1.165) is 0 Å². The molecule has 4 heteroatoms. The fourth-order valence-corrected chi connectivity index (χ4v) is 1.37. The summed E-state index contributed by atoms with van der Waals surface area (Å²) >= 11 is 3.15. The second-order valence-electron chi connectivity index (χ2n) is 2.98. The van der Waals surface area contributed by atoms with Gasteiger partial charge in [0.1, 0.15) is 18.2 Å². The highest BCUT2D eigenvalue weighted by atomic mass is 79.9. The molecule has 0 aliphatic rings. The number of rotatable bonds is 4. The van der Waals surface area contributed by atoms with Gasteiger partial charge < -0.3 is 9.84 Å². The van der Waals surface area contributed by atoms with Gasteiger partial charge in [0.15, 0.2) is 0 Å². The molecule has 0 radical (unpaired) electrons. The van der Waals surface area contributed by atoms with Crippen molar-refractivity contribution in [2.45, 2.75) is 19.4 Å². The first kappa shape index (κ1) is 11.5. The number of aliphatic hydroxyl groups is 1. The van der Waals surface area contributed by atoms with Gasteiger partial charge in [-0.25, -0.2) is 4.39 Å². The lowest BCUT2D eigenvalue weighted by atomic mass is 10.3. The summed E-state index contributed by atoms with van der Waals surface area (Å²) in [6.07, 6.45) is 0.119. The standard InChI is InChI=1S/C10H12BrFO2/c1-2-9(13)6-14-10-4-7(11)3-8(12)5-10/h3-5,9,13H,2,6H2,1H3. The largest absolute Gasteiger partial charge is 0.491 e. The monoisotopic (exact) mass is 262 g/mol. The molecule has 0 heterocycles. The fraction of sp³-hybridized carbons (Fsp3) is 0.400. The van der Waals surface area contributed by atoms with Gasteiger partial charge in [0.2, 0.25) is 0 Å². The lowest BCUT2D eigenvalue weighted by molar-refractivity contribution is 0.104. The van der Waals surface area contributed by atoms with Crippen LogP contribution in [0.15, 0.2) is 22.7 Å². The zero-order chi connectivity index (χ0) is 10.6. The summed E-state index contributed by atoms with van der Waals surface area (Å²) in [5, 5.41) is 9.23. The first-order chi connectivity index (χ1) is 6.61. The van der Waals surface area contributed by atoms with Crippen molar-refractivity contribution in [1.29, 1.82) is 0 Å². The van der Waals surface area contributed by atoms with Gasteiger partial charge in [0.25, 0.3) is 0 Å². The third kappa shape index (κ3) is 3.64. The Kier molecular flexibility index (Phi) is 4.35. The molecule has 0 aliphatic carbocycles. The fourth-order valence-electron chi connectivity index (χ4n) is 0.922. The Balaban J connectivity index is 2.58. The number of hydrogen-bond acceptors (Lipinski definition) is 2. The van der Waals surface area contributed by atoms with Crippen LogP contribution in [0, 0.1) is 5.82 Å². The van der Waals surface area contributed by atoms with Crippen molar-refractivity contribution in [1.82, 2.24) is 0 Å². The first-order valence-corrected chi connectivity index (χ1v) is 5.18. The van der Waals surface area contributed by atoms with E-state index in [1.54, 1.807) is 6.07 Å². The second kappa shape index (κ2) is 5.32. The van der Waals surface area contributed by atoms with Crippen LogP contribution in [-0.4, -0.2) is 17.8 Å². The summed E-state index contributed by atoms with van der Waals surface area (Å²) in [5.74, 6) is 0.0599. The zero-order valence-electron chi connectivity index (χ0n) is 7.84. The number of aliphatic hydroxyl groups excluding tert-OH is 1. The van der Waals surface area contributed by atoms with Crippen LogP contribution in [0.5, 0.6) is 5.75 Å². The second-order valence-corrected chi connectivity index (χ2v) is 3.89. The molecule has 2 nitrogen and oxygen atoms in total. The summed E-state index contributed by atoms with van der Waals surface area (Å²) in [5.41, 5.74) is 0. The molecule has 1 N–H and O–H groups in total. The molecule has 1 aromatic rings. The first-order valence-electron chi connectivity index (χ1n) is 4.38. The third-order valence-electron chi connectivity index (χ3n) is 1.75. The zero-order valence-corrected chi connectivity index (χ0v) is 9.42. The average Bonchev–Trinajstić information content (AvgIpc) is 2.12. The van der Waals surface area contributed by atoms with E-state index < -0.39 is 6.10 Å². The quantitative estimate of drug-likeness (QED) is 0.905. The van der Waals surface area contributed by atoms with Crippen molar-refractivity contribution in [2.75, 3.05) is 6.61 Å². The molecule has 1 unspecified atom stereocenters. The highest BCUT2D eigenvalue weighted by molar-refractivity contribution is 9.10. The number of hydrogen-bond donors (Lipinski definition) is 1. The van der Waals surface area contributed by atoms with Crippen molar-refractivity contribution in [2.24, 2.45) is 0 Å². The molecular weight excluding hydrogens is 251 g/mol. The normalized spacial score (nSPS) is 12.6. The van der Waals surface area contributed by atoms with E-state index in [0.29, 0.717) is 16.6 Å². The topological polar surface area (TPSA) is 29.5 Å². The summed E-state index contributed by atoms with van der Waals surface area (Å²) in [6.45, 7) is 2.04. The van der Waals surface area contributed by atoms with Crippen molar-refractivity contribution in [3.8, 4) is 5.75 Å². The minimum atomic E-state index is -0.503. The predicted molar refractivity (Wildman–Crippen MR) is 55.9 cm³/mol. The molecule has 0 fully saturated rings. The minimum absolute atomic E-state index is 0.187. The van der Waals surface area contributed by atoms with Crippen molar-refractivity contribution >= 4 is 15.9 Å². The Bertz CT molecular complexity index is 284. The molecule has 0 spiro atoms. The maximum Gasteiger partial charge on any atom is 0.128 e. The Labute approximate surface area is 90.8 Å². The Morgan fingerprint density at radius 3 is 2.79 bits per heavy atom. The van der Waals surface area contributed by atoms with Crippen LogP contribution < -0.4 is 4.74 Å². The highest BCUT2D eigenvalue weighted by Crippen LogP contribution is 2.20. The van der Waals surface area contributed by atoms with Crippen LogP contribution in [0.3, 0.4) is 0 Å². The van der Waals surface area contributed by atoms with Crippen molar-refractivity contribution in [3.63, 3.8) is 0 Å². The predicted octanol–water partition coefficient (Wildman–Crippen LogP) is 2.74. The summed E-state index contributed by atoms with van der Waals surface area (Å²) in [7, 11) is 0. The smallest absolute Gasteiger partial charge is 0.128 e. The van der Waals surface area contributed by atoms with E-state index in [9.17, 15) is 9.50 Å². The summed E-state index contributed by atoms with van der Waals surface area (Å²) in [4.78, 5) is 0. The molecule has 0 aromatic heterocycles. The number of halogens is 2. The highest BCUT2D eigenvalue weighted by Gasteiger charge is 2.03. The molecule has 0 bridgehead atoms. The maximum absolute atomic E-state index is 12.9. The Morgan fingerprint density at radius 2 is 2.21 bits per heavy atom. The molecular formula is C10H12BrFO2. The molecule has 0 saturated heterocycles. The van der Waals surface area contributed by atoms with Gasteiger partial charge in [-0.2, -0.15) is 0 Å². The van der Waals surface area contributed by atoms with Gasteiger partial charge in [0, 0.05) is 10.5 Å². The molecule has 0 amide bonds. The molecule has 1 rings (SSSR count). The van der Waals surface area contributed by atoms with Crippen LogP contribution in [0.1, 0.15) is 13.3 Å². The molecule has 0 saturated carbocycles. The molecule has 14 heavy (non-hydrogen) atoms. The van der Waals surface area contributed by atoms with Gasteiger partial charge in [-0.3, -0.25) is 0 Å². The number of ether oxygens (including phenoxy) is 1. The van der Waals surface area contributed by atoms with Crippen LogP contribution in [0.4, 0.5) is 4.39 Å². The Morgan fingerprint density at radius 1 is 1.50 bits per heavy atom. The van der Waals surface area contributed by atoms with Gasteiger partial charge in [-0.05, 0) is 18.6 Å².